The molecule has 3 nitrogen and oxygen atoms in total. The molecule has 182 valence electrons. The Bertz CT molecular complexity index is 2360. The molecule has 9 rings (SSSR count). The van der Waals surface area contributed by atoms with Crippen molar-refractivity contribution in [3.63, 3.8) is 0 Å². The molecule has 0 aliphatic heterocycles. The number of aromatic nitrogens is 3. The fourth-order valence-corrected chi connectivity index (χ4v) is 7.24. The maximum atomic E-state index is 5.10. The van der Waals surface area contributed by atoms with Crippen LogP contribution in [0.4, 0.5) is 0 Å². The Morgan fingerprint density at radius 3 is 2.00 bits per heavy atom. The van der Waals surface area contributed by atoms with Gasteiger partial charge in [0.15, 0.2) is 5.13 Å². The molecule has 0 amide bonds. The summed E-state index contributed by atoms with van der Waals surface area (Å²) in [5.41, 5.74) is 7.03. The van der Waals surface area contributed by atoms with E-state index in [1.807, 2.05) is 0 Å². The zero-order chi connectivity index (χ0) is 25.5. The largest absolute Gasteiger partial charge is 0.309 e. The summed E-state index contributed by atoms with van der Waals surface area (Å²) in [5.74, 6) is 0. The van der Waals surface area contributed by atoms with Crippen LogP contribution in [-0.4, -0.2) is 14.1 Å². The van der Waals surface area contributed by atoms with Gasteiger partial charge in [-0.1, -0.05) is 90.2 Å². The summed E-state index contributed by atoms with van der Waals surface area (Å²) in [6, 6.07) is 45.8. The highest BCUT2D eigenvalue weighted by atomic mass is 32.1. The summed E-state index contributed by atoms with van der Waals surface area (Å²) in [4.78, 5) is 5.10. The van der Waals surface area contributed by atoms with Crippen molar-refractivity contribution in [2.45, 2.75) is 0 Å². The molecule has 0 N–H and O–H groups in total. The van der Waals surface area contributed by atoms with Gasteiger partial charge in [-0.25, -0.2) is 4.98 Å². The van der Waals surface area contributed by atoms with Crippen LogP contribution in [0.15, 0.2) is 127 Å². The van der Waals surface area contributed by atoms with Crippen molar-refractivity contribution < 1.29 is 0 Å². The molecular formula is C35H21N3S. The third kappa shape index (κ3) is 2.89. The van der Waals surface area contributed by atoms with Crippen molar-refractivity contribution in [2.24, 2.45) is 0 Å². The Morgan fingerprint density at radius 2 is 1.18 bits per heavy atom. The van der Waals surface area contributed by atoms with Crippen molar-refractivity contribution in [1.29, 1.82) is 0 Å². The van der Waals surface area contributed by atoms with Crippen molar-refractivity contribution in [1.82, 2.24) is 14.1 Å². The number of hydrogen-bond donors (Lipinski definition) is 0. The monoisotopic (exact) mass is 515 g/mol. The van der Waals surface area contributed by atoms with Crippen LogP contribution in [-0.2, 0) is 0 Å². The first kappa shape index (κ1) is 21.1. The maximum absolute atomic E-state index is 5.10. The number of nitrogens with zero attached hydrogens (tertiary/aromatic N) is 3. The van der Waals surface area contributed by atoms with Gasteiger partial charge >= 0.3 is 0 Å². The summed E-state index contributed by atoms with van der Waals surface area (Å²) >= 11 is 1.75. The minimum absolute atomic E-state index is 0.999. The first-order chi connectivity index (χ1) is 19.3. The minimum atomic E-state index is 0.999. The standard InChI is InChI=1S/C35H21N3S/c1-2-10-23(11-3-1)37-30-15-7-5-13-25(30)28-20-22-18-19-26-24-12-4-8-16-31(24)38(34(26)27(22)21-32(28)37)35-36-29-14-6-9-17-33(29)39-35/h1-21H. The van der Waals surface area contributed by atoms with Crippen LogP contribution in [0.25, 0.3) is 75.4 Å². The quantitative estimate of drug-likeness (QED) is 0.225. The van der Waals surface area contributed by atoms with Gasteiger partial charge in [-0.2, -0.15) is 0 Å². The molecular weight excluding hydrogens is 494 g/mol. The fourth-order valence-electron chi connectivity index (χ4n) is 6.26. The first-order valence-corrected chi connectivity index (χ1v) is 14.0. The van der Waals surface area contributed by atoms with Gasteiger partial charge in [-0.3, -0.25) is 4.57 Å². The molecule has 0 bridgehead atoms. The summed E-state index contributed by atoms with van der Waals surface area (Å²) in [5, 5.41) is 8.50. The van der Waals surface area contributed by atoms with Crippen LogP contribution in [0, 0.1) is 0 Å². The number of benzene rings is 6. The number of para-hydroxylation sites is 4. The average Bonchev–Trinajstić information content (AvgIpc) is 3.66. The van der Waals surface area contributed by atoms with E-state index in [0.29, 0.717) is 0 Å². The van der Waals surface area contributed by atoms with E-state index < -0.39 is 0 Å². The van der Waals surface area contributed by atoms with Crippen LogP contribution in [0.5, 0.6) is 0 Å². The normalized spacial score (nSPS) is 12.1. The highest BCUT2D eigenvalue weighted by Crippen LogP contribution is 2.41. The van der Waals surface area contributed by atoms with Gasteiger partial charge in [0.1, 0.15) is 0 Å². The van der Waals surface area contributed by atoms with E-state index in [1.165, 1.54) is 64.8 Å². The lowest BCUT2D eigenvalue weighted by Gasteiger charge is -2.10. The second-order valence-corrected chi connectivity index (χ2v) is 11.1. The second kappa shape index (κ2) is 7.79. The Kier molecular flexibility index (Phi) is 4.21. The first-order valence-electron chi connectivity index (χ1n) is 13.2. The number of thiazole rings is 1. The van der Waals surface area contributed by atoms with Crippen LogP contribution >= 0.6 is 11.3 Å². The highest BCUT2D eigenvalue weighted by molar-refractivity contribution is 7.20. The minimum Gasteiger partial charge on any atom is -0.309 e. The van der Waals surface area contributed by atoms with E-state index in [1.54, 1.807) is 11.3 Å². The molecule has 6 aromatic carbocycles. The van der Waals surface area contributed by atoms with E-state index in [-0.39, 0.29) is 0 Å². The third-order valence-electron chi connectivity index (χ3n) is 7.93. The second-order valence-electron chi connectivity index (χ2n) is 10.1. The molecule has 0 radical (unpaired) electrons. The van der Waals surface area contributed by atoms with Gasteiger partial charge in [-0.05, 0) is 53.9 Å². The van der Waals surface area contributed by atoms with Crippen molar-refractivity contribution >= 4 is 75.9 Å². The van der Waals surface area contributed by atoms with Gasteiger partial charge in [-0.15, -0.1) is 0 Å². The molecule has 3 heterocycles. The summed E-state index contributed by atoms with van der Waals surface area (Å²) < 4.78 is 5.97. The van der Waals surface area contributed by atoms with Crippen LogP contribution in [0.2, 0.25) is 0 Å². The lowest BCUT2D eigenvalue weighted by Crippen LogP contribution is -1.95. The number of rotatable bonds is 2. The molecule has 9 aromatic rings. The third-order valence-corrected chi connectivity index (χ3v) is 8.95. The highest BCUT2D eigenvalue weighted by Gasteiger charge is 2.19. The molecule has 4 heteroatoms. The van der Waals surface area contributed by atoms with Crippen LogP contribution < -0.4 is 0 Å². The Balaban J connectivity index is 1.49. The zero-order valence-corrected chi connectivity index (χ0v) is 21.7. The van der Waals surface area contributed by atoms with Crippen LogP contribution in [0.3, 0.4) is 0 Å². The lowest BCUT2D eigenvalue weighted by molar-refractivity contribution is 1.15. The molecule has 0 unspecified atom stereocenters. The maximum Gasteiger partial charge on any atom is 0.195 e. The smallest absolute Gasteiger partial charge is 0.195 e. The molecule has 0 saturated carbocycles. The molecule has 3 aromatic heterocycles. The Hall–Kier alpha value is -4.93. The number of hydrogen-bond acceptors (Lipinski definition) is 2. The van der Waals surface area contributed by atoms with E-state index in [0.717, 1.165) is 10.6 Å². The van der Waals surface area contributed by atoms with Gasteiger partial charge in [0.05, 0.1) is 32.3 Å². The topological polar surface area (TPSA) is 22.8 Å². The Labute approximate surface area is 227 Å². The lowest BCUT2D eigenvalue weighted by atomic mass is 10.0. The number of fused-ring (bicyclic) bond motifs is 9. The van der Waals surface area contributed by atoms with E-state index in [9.17, 15) is 0 Å². The summed E-state index contributed by atoms with van der Waals surface area (Å²) in [6.07, 6.45) is 0. The average molecular weight is 516 g/mol. The van der Waals surface area contributed by atoms with Gasteiger partial charge in [0, 0.05) is 32.6 Å². The van der Waals surface area contributed by atoms with E-state index >= 15 is 0 Å². The Morgan fingerprint density at radius 1 is 0.487 bits per heavy atom. The molecule has 0 atom stereocenters. The summed E-state index contributed by atoms with van der Waals surface area (Å²) in [7, 11) is 0. The molecule has 0 spiro atoms. The molecule has 39 heavy (non-hydrogen) atoms. The predicted molar refractivity (Wildman–Crippen MR) is 166 cm³/mol. The van der Waals surface area contributed by atoms with Crippen molar-refractivity contribution in [2.75, 3.05) is 0 Å². The van der Waals surface area contributed by atoms with Gasteiger partial charge < -0.3 is 4.57 Å². The van der Waals surface area contributed by atoms with Gasteiger partial charge in [0.2, 0.25) is 0 Å². The predicted octanol–water partition coefficient (Wildman–Crippen LogP) is 9.64. The molecule has 0 fully saturated rings. The van der Waals surface area contributed by atoms with E-state index in [2.05, 4.69) is 137 Å². The van der Waals surface area contributed by atoms with Crippen LogP contribution in [0.1, 0.15) is 0 Å². The molecule has 0 aliphatic rings. The summed E-state index contributed by atoms with van der Waals surface area (Å²) in [6.45, 7) is 0. The fraction of sp³-hybridized carbons (Fsp3) is 0. The zero-order valence-electron chi connectivity index (χ0n) is 20.9. The SMILES string of the molecule is c1ccc(-n2c3ccccc3c3cc4ccc5c6ccccc6n(-c6nc7ccccc7s6)c5c4cc32)cc1. The van der Waals surface area contributed by atoms with E-state index in [4.69, 9.17) is 4.98 Å². The van der Waals surface area contributed by atoms with Gasteiger partial charge in [0.25, 0.3) is 0 Å². The molecule has 0 saturated heterocycles. The van der Waals surface area contributed by atoms with Crippen molar-refractivity contribution in [3.05, 3.63) is 127 Å². The molecule has 0 aliphatic carbocycles. The van der Waals surface area contributed by atoms with Crippen molar-refractivity contribution in [3.8, 4) is 10.8 Å².